The summed E-state index contributed by atoms with van der Waals surface area (Å²) < 4.78 is 48.4. The minimum absolute atomic E-state index is 0.0568. The molecule has 0 radical (unpaired) electrons. The van der Waals surface area contributed by atoms with E-state index in [-0.39, 0.29) is 10.5 Å². The normalized spacial score (nSPS) is 14.8. The zero-order valence-electron chi connectivity index (χ0n) is 23.1. The maximum absolute atomic E-state index is 15.1. The van der Waals surface area contributed by atoms with Gasteiger partial charge in [0.15, 0.2) is 0 Å². The number of halogens is 1. The van der Waals surface area contributed by atoms with Gasteiger partial charge in [0.05, 0.1) is 10.5 Å². The monoisotopic (exact) mass is 584 g/mol. The van der Waals surface area contributed by atoms with E-state index in [2.05, 4.69) is 20.0 Å². The maximum Gasteiger partial charge on any atom is 0.326 e. The zero-order valence-corrected chi connectivity index (χ0v) is 23.9. The van der Waals surface area contributed by atoms with Crippen LogP contribution in [-0.2, 0) is 19.6 Å². The molecule has 1 aromatic heterocycles. The molecule has 2 N–H and O–H groups in total. The first kappa shape index (κ1) is 29.9. The number of benzene rings is 2. The van der Waals surface area contributed by atoms with Crippen LogP contribution in [-0.4, -0.2) is 74.6 Å². The summed E-state index contributed by atoms with van der Waals surface area (Å²) in [7, 11) is -4.11. The summed E-state index contributed by atoms with van der Waals surface area (Å²) >= 11 is 0. The van der Waals surface area contributed by atoms with Gasteiger partial charge in [-0.2, -0.15) is 4.72 Å². The topological polar surface area (TPSA) is 134 Å². The second kappa shape index (κ2) is 12.6. The Morgan fingerprint density at radius 3 is 2.22 bits per heavy atom. The van der Waals surface area contributed by atoms with Crippen LogP contribution in [0.3, 0.4) is 0 Å². The van der Waals surface area contributed by atoms with Crippen molar-refractivity contribution in [3.8, 4) is 0 Å². The van der Waals surface area contributed by atoms with Gasteiger partial charge < -0.3 is 19.9 Å². The Morgan fingerprint density at radius 2 is 1.61 bits per heavy atom. The Labute approximate surface area is 238 Å². The van der Waals surface area contributed by atoms with Gasteiger partial charge in [-0.1, -0.05) is 18.2 Å². The fourth-order valence-corrected chi connectivity index (χ4v) is 5.40. The number of anilines is 2. The molecule has 1 saturated heterocycles. The van der Waals surface area contributed by atoms with E-state index in [4.69, 9.17) is 4.74 Å². The number of hydrogen-bond donors (Lipinski definition) is 2. The number of carbonyl (C=O) groups excluding carboxylic acids is 2. The summed E-state index contributed by atoms with van der Waals surface area (Å²) in [5.41, 5.74) is -0.520. The summed E-state index contributed by atoms with van der Waals surface area (Å²) in [5.74, 6) is -1.78. The number of rotatable bonds is 9. The van der Waals surface area contributed by atoms with Crippen LogP contribution in [0.25, 0.3) is 0 Å². The van der Waals surface area contributed by atoms with Gasteiger partial charge in [-0.3, -0.25) is 9.59 Å². The molecule has 2 heterocycles. The van der Waals surface area contributed by atoms with Crippen molar-refractivity contribution in [2.24, 2.45) is 0 Å². The molecule has 11 nitrogen and oxygen atoms in total. The fraction of sp³-hybridized carbons (Fsp3) is 0.357. The quantitative estimate of drug-likeness (QED) is 0.364. The summed E-state index contributed by atoms with van der Waals surface area (Å²) in [4.78, 5) is 38.2. The first-order valence-corrected chi connectivity index (χ1v) is 14.6. The Hall–Kier alpha value is -4.10. The number of nitrogens with one attached hydrogen (secondary N) is 2. The predicted octanol–water partition coefficient (Wildman–Crippen LogP) is 2.36. The van der Waals surface area contributed by atoms with Crippen LogP contribution < -0.4 is 19.8 Å². The van der Waals surface area contributed by atoms with Gasteiger partial charge >= 0.3 is 5.97 Å². The minimum atomic E-state index is -4.11. The SMILES string of the molecule is CC(C)(C)OC(=O)[C@H](CNC(=O)c1ccc(N2CCN(c3ncccn3)CC2)cc1F)NS(=O)(=O)c1ccccc1. The number of ether oxygens (including phenoxy) is 1. The Balaban J connectivity index is 1.41. The van der Waals surface area contributed by atoms with E-state index in [1.807, 2.05) is 9.80 Å². The molecule has 0 unspecified atom stereocenters. The summed E-state index contributed by atoms with van der Waals surface area (Å²) in [6.45, 7) is 6.99. The fourth-order valence-electron chi connectivity index (χ4n) is 4.20. The molecular formula is C28H33FN6O5S. The minimum Gasteiger partial charge on any atom is -0.459 e. The molecule has 4 rings (SSSR count). The van der Waals surface area contributed by atoms with Crippen molar-refractivity contribution >= 4 is 33.5 Å². The number of hydrogen-bond acceptors (Lipinski definition) is 9. The third kappa shape index (κ3) is 7.98. The van der Waals surface area contributed by atoms with E-state index >= 15 is 4.39 Å². The third-order valence-corrected chi connectivity index (χ3v) is 7.67. The van der Waals surface area contributed by atoms with Gasteiger partial charge in [0, 0.05) is 50.8 Å². The van der Waals surface area contributed by atoms with Crippen molar-refractivity contribution in [3.05, 3.63) is 78.4 Å². The number of aromatic nitrogens is 2. The van der Waals surface area contributed by atoms with E-state index in [9.17, 15) is 18.0 Å². The van der Waals surface area contributed by atoms with Crippen LogP contribution in [0.1, 0.15) is 31.1 Å². The largest absolute Gasteiger partial charge is 0.459 e. The van der Waals surface area contributed by atoms with Crippen LogP contribution in [0, 0.1) is 5.82 Å². The first-order valence-electron chi connectivity index (χ1n) is 13.1. The number of sulfonamides is 1. The lowest BCUT2D eigenvalue weighted by molar-refractivity contribution is -0.156. The number of piperazine rings is 1. The number of amides is 1. The number of nitrogens with zero attached hydrogens (tertiary/aromatic N) is 4. The lowest BCUT2D eigenvalue weighted by atomic mass is 10.1. The first-order chi connectivity index (χ1) is 19.4. The molecule has 1 atom stereocenters. The Morgan fingerprint density at radius 1 is 0.976 bits per heavy atom. The molecule has 0 aliphatic carbocycles. The smallest absolute Gasteiger partial charge is 0.326 e. The van der Waals surface area contributed by atoms with Crippen LogP contribution in [0.15, 0.2) is 71.9 Å². The van der Waals surface area contributed by atoms with Gasteiger partial charge in [0.2, 0.25) is 16.0 Å². The number of carbonyl (C=O) groups is 2. The highest BCUT2D eigenvalue weighted by Gasteiger charge is 2.31. The standard InChI is InChI=1S/C28H33FN6O5S/c1-28(2,3)40-26(37)24(33-41(38,39)21-8-5-4-6-9-21)19-32-25(36)22-11-10-20(18-23(22)29)34-14-16-35(17-15-34)27-30-12-7-13-31-27/h4-13,18,24,33H,14-17,19H2,1-3H3,(H,32,36)/t24-/m0/s1. The lowest BCUT2D eigenvalue weighted by Crippen LogP contribution is -2.50. The van der Waals surface area contributed by atoms with Crippen molar-refractivity contribution in [1.82, 2.24) is 20.0 Å². The molecule has 2 aromatic carbocycles. The second-order valence-electron chi connectivity index (χ2n) is 10.4. The van der Waals surface area contributed by atoms with Crippen LogP contribution in [0.5, 0.6) is 0 Å². The van der Waals surface area contributed by atoms with Gasteiger partial charge in [0.25, 0.3) is 5.91 Å². The van der Waals surface area contributed by atoms with Gasteiger partial charge in [-0.25, -0.2) is 22.8 Å². The molecule has 0 saturated carbocycles. The van der Waals surface area contributed by atoms with Crippen molar-refractivity contribution in [1.29, 1.82) is 0 Å². The average Bonchev–Trinajstić information content (AvgIpc) is 2.95. The third-order valence-electron chi connectivity index (χ3n) is 6.19. The van der Waals surface area contributed by atoms with E-state index in [1.54, 1.807) is 63.5 Å². The van der Waals surface area contributed by atoms with Crippen molar-refractivity contribution in [3.63, 3.8) is 0 Å². The molecule has 0 spiro atoms. The molecule has 0 bridgehead atoms. The molecule has 1 aliphatic heterocycles. The predicted molar refractivity (Wildman–Crippen MR) is 152 cm³/mol. The Bertz CT molecular complexity index is 1460. The molecule has 1 aliphatic rings. The molecular weight excluding hydrogens is 551 g/mol. The molecule has 218 valence electrons. The van der Waals surface area contributed by atoms with Gasteiger partial charge in [-0.15, -0.1) is 0 Å². The van der Waals surface area contributed by atoms with Crippen LogP contribution in [0.2, 0.25) is 0 Å². The van der Waals surface area contributed by atoms with Crippen molar-refractivity contribution < 1.29 is 27.1 Å². The summed E-state index contributed by atoms with van der Waals surface area (Å²) in [5, 5.41) is 2.46. The summed E-state index contributed by atoms with van der Waals surface area (Å²) in [6, 6.07) is 12.1. The molecule has 1 amide bonds. The van der Waals surface area contributed by atoms with Crippen molar-refractivity contribution in [2.45, 2.75) is 37.3 Å². The highest BCUT2D eigenvalue weighted by atomic mass is 32.2. The maximum atomic E-state index is 15.1. The molecule has 41 heavy (non-hydrogen) atoms. The van der Waals surface area contributed by atoms with Crippen molar-refractivity contribution in [2.75, 3.05) is 42.5 Å². The van der Waals surface area contributed by atoms with E-state index < -0.39 is 45.9 Å². The van der Waals surface area contributed by atoms with E-state index in [1.165, 1.54) is 24.3 Å². The second-order valence-corrected chi connectivity index (χ2v) is 12.1. The van der Waals surface area contributed by atoms with Crippen LogP contribution >= 0.6 is 0 Å². The lowest BCUT2D eigenvalue weighted by Gasteiger charge is -2.36. The highest BCUT2D eigenvalue weighted by molar-refractivity contribution is 7.89. The number of esters is 1. The molecule has 13 heteroatoms. The molecule has 1 fully saturated rings. The summed E-state index contributed by atoms with van der Waals surface area (Å²) in [6.07, 6.45) is 3.36. The van der Waals surface area contributed by atoms with Gasteiger partial charge in [-0.05, 0) is 57.2 Å². The van der Waals surface area contributed by atoms with E-state index in [0.29, 0.717) is 37.8 Å². The van der Waals surface area contributed by atoms with E-state index in [0.717, 1.165) is 0 Å². The zero-order chi connectivity index (χ0) is 29.6. The molecule has 3 aromatic rings. The Kier molecular flexibility index (Phi) is 9.18. The average molecular weight is 585 g/mol. The highest BCUT2D eigenvalue weighted by Crippen LogP contribution is 2.21. The van der Waals surface area contributed by atoms with Gasteiger partial charge in [0.1, 0.15) is 17.5 Å². The van der Waals surface area contributed by atoms with Crippen LogP contribution in [0.4, 0.5) is 16.0 Å².